The van der Waals surface area contributed by atoms with E-state index >= 15 is 0 Å². The fourth-order valence-electron chi connectivity index (χ4n) is 5.18. The summed E-state index contributed by atoms with van der Waals surface area (Å²) in [5.74, 6) is -0.660. The number of imide groups is 1. The third kappa shape index (κ3) is 4.59. The molecule has 0 radical (unpaired) electrons. The molecule has 3 fully saturated rings. The molecule has 1 spiro atoms. The molecule has 4 amide bonds. The number of carbonyl (C=O) groups is 3. The summed E-state index contributed by atoms with van der Waals surface area (Å²) in [6, 6.07) is 10.3. The molecule has 2 aliphatic heterocycles. The number of halogens is 1. The molecule has 1 N–H and O–H groups in total. The number of benzene rings is 1. The Morgan fingerprint density at radius 1 is 1.03 bits per heavy atom. The number of hydrogen-bond acceptors (Lipinski definition) is 5. The van der Waals surface area contributed by atoms with E-state index in [0.29, 0.717) is 25.9 Å². The van der Waals surface area contributed by atoms with Gasteiger partial charge in [-0.1, -0.05) is 31.4 Å². The first-order valence-corrected chi connectivity index (χ1v) is 12.7. The molecule has 7 nitrogen and oxygen atoms in total. The lowest BCUT2D eigenvalue weighted by atomic mass is 9.82. The Morgan fingerprint density at radius 2 is 1.79 bits per heavy atom. The lowest BCUT2D eigenvalue weighted by Gasteiger charge is -2.35. The largest absolute Gasteiger partial charge is 0.339 e. The van der Waals surface area contributed by atoms with Gasteiger partial charge in [0.2, 0.25) is 5.91 Å². The van der Waals surface area contributed by atoms with Crippen LogP contribution in [0.1, 0.15) is 37.0 Å². The fourth-order valence-corrected chi connectivity index (χ4v) is 6.23. The molecule has 9 heteroatoms. The van der Waals surface area contributed by atoms with Crippen LogP contribution in [0.3, 0.4) is 0 Å². The molecule has 2 saturated heterocycles. The van der Waals surface area contributed by atoms with E-state index in [1.165, 1.54) is 10.9 Å². The molecule has 0 unspecified atom stereocenters. The van der Waals surface area contributed by atoms with Crippen LogP contribution in [0.5, 0.6) is 0 Å². The molecule has 5 rings (SSSR count). The van der Waals surface area contributed by atoms with Gasteiger partial charge < -0.3 is 10.2 Å². The second-order valence-electron chi connectivity index (χ2n) is 9.40. The lowest BCUT2D eigenvalue weighted by Crippen LogP contribution is -2.52. The van der Waals surface area contributed by atoms with Crippen molar-refractivity contribution in [2.24, 2.45) is 0 Å². The zero-order valence-electron chi connectivity index (χ0n) is 19.1. The second-order valence-corrected chi connectivity index (χ2v) is 10.6. The highest BCUT2D eigenvalue weighted by Crippen LogP contribution is 2.34. The maximum absolute atomic E-state index is 13.5. The number of rotatable bonds is 5. The van der Waals surface area contributed by atoms with Gasteiger partial charge in [-0.3, -0.25) is 19.4 Å². The van der Waals surface area contributed by atoms with Gasteiger partial charge in [-0.15, -0.1) is 11.3 Å². The van der Waals surface area contributed by atoms with E-state index in [-0.39, 0.29) is 24.2 Å². The highest BCUT2D eigenvalue weighted by Gasteiger charge is 2.51. The van der Waals surface area contributed by atoms with Crippen LogP contribution in [0.25, 0.3) is 10.4 Å². The van der Waals surface area contributed by atoms with Gasteiger partial charge in [0.1, 0.15) is 17.9 Å². The minimum Gasteiger partial charge on any atom is -0.339 e. The van der Waals surface area contributed by atoms with E-state index < -0.39 is 11.6 Å². The first-order valence-electron chi connectivity index (χ1n) is 11.9. The molecule has 180 valence electrons. The molecule has 1 saturated carbocycles. The van der Waals surface area contributed by atoms with E-state index in [9.17, 15) is 18.8 Å². The van der Waals surface area contributed by atoms with Gasteiger partial charge in [0.15, 0.2) is 0 Å². The molecule has 34 heavy (non-hydrogen) atoms. The van der Waals surface area contributed by atoms with Crippen LogP contribution >= 0.6 is 11.3 Å². The number of nitrogens with zero attached hydrogens (tertiary/aromatic N) is 3. The molecular formula is C25H29FN4O3S. The SMILES string of the molecule is O=C(CN1C(=O)NC2(CCCCC2)C1=O)N1CCN(Cc2ccc(-c3cccc(F)c3)s2)CC1. The minimum atomic E-state index is -0.792. The van der Waals surface area contributed by atoms with Crippen LogP contribution in [0.4, 0.5) is 9.18 Å². The maximum Gasteiger partial charge on any atom is 0.325 e. The van der Waals surface area contributed by atoms with Gasteiger partial charge in [0.05, 0.1) is 0 Å². The average Bonchev–Trinajstić information content (AvgIpc) is 3.39. The maximum atomic E-state index is 13.5. The topological polar surface area (TPSA) is 73.0 Å². The third-order valence-corrected chi connectivity index (χ3v) is 8.24. The second kappa shape index (κ2) is 9.46. The molecule has 3 heterocycles. The zero-order valence-corrected chi connectivity index (χ0v) is 19.9. The summed E-state index contributed by atoms with van der Waals surface area (Å²) in [6.07, 6.45) is 4.23. The highest BCUT2D eigenvalue weighted by molar-refractivity contribution is 7.15. The van der Waals surface area contributed by atoms with Crippen LogP contribution in [-0.4, -0.2) is 70.8 Å². The Labute approximate surface area is 202 Å². The number of carbonyl (C=O) groups excluding carboxylic acids is 3. The standard InChI is InChI=1S/C25H29FN4O3S/c26-19-6-4-5-18(15-19)21-8-7-20(34-21)16-28-11-13-29(14-12-28)22(31)17-30-23(32)25(27-24(30)33)9-2-1-3-10-25/h4-8,15H,1-3,9-14,16-17H2,(H,27,33). The molecule has 1 aliphatic carbocycles. The summed E-state index contributed by atoms with van der Waals surface area (Å²) < 4.78 is 13.5. The first kappa shape index (κ1) is 23.0. The first-order chi connectivity index (χ1) is 16.4. The third-order valence-electron chi connectivity index (χ3n) is 7.12. The quantitative estimate of drug-likeness (QED) is 0.660. The smallest absolute Gasteiger partial charge is 0.325 e. The van der Waals surface area contributed by atoms with E-state index in [0.717, 1.165) is 54.2 Å². The summed E-state index contributed by atoms with van der Waals surface area (Å²) in [7, 11) is 0. The number of thiophene rings is 1. The number of piperazine rings is 1. The van der Waals surface area contributed by atoms with E-state index in [4.69, 9.17) is 0 Å². The average molecular weight is 485 g/mol. The predicted octanol–water partition coefficient (Wildman–Crippen LogP) is 3.45. The van der Waals surface area contributed by atoms with Crippen LogP contribution in [0, 0.1) is 5.82 Å². The van der Waals surface area contributed by atoms with Crippen molar-refractivity contribution in [2.45, 2.75) is 44.2 Å². The van der Waals surface area contributed by atoms with Gasteiger partial charge >= 0.3 is 6.03 Å². The number of nitrogens with one attached hydrogen (secondary N) is 1. The molecule has 0 bridgehead atoms. The fraction of sp³-hybridized carbons (Fsp3) is 0.480. The summed E-state index contributed by atoms with van der Waals surface area (Å²) in [4.78, 5) is 45.6. The van der Waals surface area contributed by atoms with Crippen molar-refractivity contribution in [3.05, 3.63) is 47.1 Å². The van der Waals surface area contributed by atoms with Crippen molar-refractivity contribution in [1.82, 2.24) is 20.0 Å². The molecular weight excluding hydrogens is 455 g/mol. The molecule has 2 aromatic rings. The molecule has 1 aromatic carbocycles. The van der Waals surface area contributed by atoms with Crippen molar-refractivity contribution >= 4 is 29.2 Å². The number of amides is 4. The van der Waals surface area contributed by atoms with Crippen LogP contribution in [0.15, 0.2) is 36.4 Å². The number of hydrogen-bond donors (Lipinski definition) is 1. The lowest BCUT2D eigenvalue weighted by molar-refractivity contribution is -0.140. The summed E-state index contributed by atoms with van der Waals surface area (Å²) in [6.45, 7) is 3.17. The van der Waals surface area contributed by atoms with Gasteiger partial charge in [0, 0.05) is 42.5 Å². The van der Waals surface area contributed by atoms with E-state index in [1.54, 1.807) is 28.4 Å². The number of urea groups is 1. The summed E-state index contributed by atoms with van der Waals surface area (Å²) >= 11 is 1.65. The Hall–Kier alpha value is -2.78. The predicted molar refractivity (Wildman–Crippen MR) is 128 cm³/mol. The highest BCUT2D eigenvalue weighted by atomic mass is 32.1. The van der Waals surface area contributed by atoms with Crippen LogP contribution < -0.4 is 5.32 Å². The Morgan fingerprint density at radius 3 is 2.53 bits per heavy atom. The Bertz CT molecular complexity index is 1090. The van der Waals surface area contributed by atoms with Gasteiger partial charge in [0.25, 0.3) is 5.91 Å². The molecule has 0 atom stereocenters. The Balaban J connectivity index is 1.13. The van der Waals surface area contributed by atoms with Crippen LogP contribution in [-0.2, 0) is 16.1 Å². The van der Waals surface area contributed by atoms with Gasteiger partial charge in [-0.05, 0) is 42.7 Å². The van der Waals surface area contributed by atoms with Gasteiger partial charge in [-0.25, -0.2) is 9.18 Å². The van der Waals surface area contributed by atoms with Crippen molar-refractivity contribution in [1.29, 1.82) is 0 Å². The monoisotopic (exact) mass is 484 g/mol. The minimum absolute atomic E-state index is 0.180. The summed E-state index contributed by atoms with van der Waals surface area (Å²) in [5, 5.41) is 2.87. The van der Waals surface area contributed by atoms with Crippen molar-refractivity contribution in [3.8, 4) is 10.4 Å². The van der Waals surface area contributed by atoms with E-state index in [2.05, 4.69) is 16.3 Å². The van der Waals surface area contributed by atoms with E-state index in [1.807, 2.05) is 12.1 Å². The molecule has 3 aliphatic rings. The van der Waals surface area contributed by atoms with Crippen LogP contribution in [0.2, 0.25) is 0 Å². The van der Waals surface area contributed by atoms with Gasteiger partial charge in [-0.2, -0.15) is 0 Å². The normalized spacial score (nSPS) is 20.7. The van der Waals surface area contributed by atoms with Crippen molar-refractivity contribution < 1.29 is 18.8 Å². The summed E-state index contributed by atoms with van der Waals surface area (Å²) in [5.41, 5.74) is 0.0847. The van der Waals surface area contributed by atoms with Crippen molar-refractivity contribution in [3.63, 3.8) is 0 Å². The zero-order chi connectivity index (χ0) is 23.7. The Kier molecular flexibility index (Phi) is 6.40. The van der Waals surface area contributed by atoms with Crippen molar-refractivity contribution in [2.75, 3.05) is 32.7 Å². The molecule has 1 aromatic heterocycles.